The van der Waals surface area contributed by atoms with Crippen molar-refractivity contribution in [3.8, 4) is 5.75 Å². The number of nitrogens with one attached hydrogen (secondary N) is 1. The summed E-state index contributed by atoms with van der Waals surface area (Å²) in [7, 11) is 0. The summed E-state index contributed by atoms with van der Waals surface area (Å²) in [6.07, 6.45) is 5.34. The van der Waals surface area contributed by atoms with E-state index in [1.807, 2.05) is 42.8 Å². The van der Waals surface area contributed by atoms with Crippen LogP contribution in [0.4, 0.5) is 5.82 Å². The number of aryl methyl sites for hydroxylation is 1. The van der Waals surface area contributed by atoms with Gasteiger partial charge in [0, 0.05) is 36.1 Å². The lowest BCUT2D eigenvalue weighted by molar-refractivity contribution is -0.118. The molecule has 1 N–H and O–H groups in total. The number of carbonyl (C=O) groups is 1. The normalized spacial score (nSPS) is 11.2. The standard InChI is InChI=1S/C21H17N5O2S2/c1-13-23-20-17(30-13)9-16(15-5-8-29-21(15)20)28-12-19(27)24-18-4-7-26(25-18)11-14-3-2-6-22-10-14/h2-10H,11-12H2,1H3,(H,24,25,27). The number of carbonyl (C=O) groups excluding carboxylic acids is 1. The molecule has 0 bridgehead atoms. The lowest BCUT2D eigenvalue weighted by Crippen LogP contribution is -2.20. The van der Waals surface area contributed by atoms with Gasteiger partial charge in [0.05, 0.1) is 26.5 Å². The van der Waals surface area contributed by atoms with Crippen LogP contribution in [-0.4, -0.2) is 32.3 Å². The number of benzene rings is 1. The maximum atomic E-state index is 12.4. The highest BCUT2D eigenvalue weighted by Gasteiger charge is 2.14. The molecule has 1 aromatic carbocycles. The molecule has 9 heteroatoms. The Hall–Kier alpha value is -3.30. The van der Waals surface area contributed by atoms with E-state index >= 15 is 0 Å². The first-order valence-electron chi connectivity index (χ1n) is 9.28. The van der Waals surface area contributed by atoms with Crippen LogP contribution in [0.15, 0.2) is 54.3 Å². The van der Waals surface area contributed by atoms with E-state index in [0.29, 0.717) is 18.1 Å². The molecule has 0 aliphatic heterocycles. The Bertz CT molecular complexity index is 1340. The third-order valence-corrected chi connectivity index (χ3v) is 6.34. The second-order valence-electron chi connectivity index (χ2n) is 6.71. The SMILES string of the molecule is Cc1nc2c(cc(OCC(=O)Nc3ccn(Cc4cccnc4)n3)c3ccsc32)s1. The summed E-state index contributed by atoms with van der Waals surface area (Å²) in [4.78, 5) is 21.1. The van der Waals surface area contributed by atoms with E-state index < -0.39 is 0 Å². The second kappa shape index (κ2) is 7.85. The number of hydrogen-bond donors (Lipinski definition) is 1. The second-order valence-corrected chi connectivity index (χ2v) is 8.87. The van der Waals surface area contributed by atoms with Crippen LogP contribution >= 0.6 is 22.7 Å². The van der Waals surface area contributed by atoms with Crippen molar-refractivity contribution in [3.63, 3.8) is 0 Å². The Kier molecular flexibility index (Phi) is 4.89. The van der Waals surface area contributed by atoms with Crippen LogP contribution in [0.1, 0.15) is 10.6 Å². The Morgan fingerprint density at radius 1 is 1.30 bits per heavy atom. The van der Waals surface area contributed by atoms with E-state index in [2.05, 4.69) is 20.4 Å². The van der Waals surface area contributed by atoms with Gasteiger partial charge in [0.1, 0.15) is 5.75 Å². The fraction of sp³-hybridized carbons (Fsp3) is 0.143. The summed E-state index contributed by atoms with van der Waals surface area (Å²) in [5.74, 6) is 0.923. The lowest BCUT2D eigenvalue weighted by atomic mass is 10.2. The summed E-state index contributed by atoms with van der Waals surface area (Å²) >= 11 is 3.25. The third kappa shape index (κ3) is 3.77. The number of thiophene rings is 1. The van der Waals surface area contributed by atoms with Gasteiger partial charge in [0.15, 0.2) is 12.4 Å². The van der Waals surface area contributed by atoms with Crippen LogP contribution < -0.4 is 10.1 Å². The minimum absolute atomic E-state index is 0.0935. The van der Waals surface area contributed by atoms with Gasteiger partial charge in [0.2, 0.25) is 0 Å². The van der Waals surface area contributed by atoms with Crippen molar-refractivity contribution in [2.75, 3.05) is 11.9 Å². The molecule has 0 spiro atoms. The quantitative estimate of drug-likeness (QED) is 0.425. The minimum Gasteiger partial charge on any atom is -0.483 e. The molecule has 1 amide bonds. The average molecular weight is 436 g/mol. The van der Waals surface area contributed by atoms with E-state index in [-0.39, 0.29) is 12.5 Å². The van der Waals surface area contributed by atoms with Crippen LogP contribution in [0, 0.1) is 6.92 Å². The summed E-state index contributed by atoms with van der Waals surface area (Å²) in [6.45, 7) is 2.49. The molecular formula is C21H17N5O2S2. The first kappa shape index (κ1) is 18.7. The molecule has 5 aromatic rings. The highest BCUT2D eigenvalue weighted by molar-refractivity contribution is 7.21. The van der Waals surface area contributed by atoms with Gasteiger partial charge in [-0.1, -0.05) is 6.07 Å². The number of aromatic nitrogens is 4. The molecule has 4 heterocycles. The molecular weight excluding hydrogens is 418 g/mol. The number of ether oxygens (including phenoxy) is 1. The zero-order chi connectivity index (χ0) is 20.5. The predicted octanol–water partition coefficient (Wildman–Crippen LogP) is 4.48. The Balaban J connectivity index is 1.26. The van der Waals surface area contributed by atoms with Gasteiger partial charge in [-0.3, -0.25) is 14.5 Å². The summed E-state index contributed by atoms with van der Waals surface area (Å²) < 4.78 is 9.76. The van der Waals surface area contributed by atoms with Gasteiger partial charge in [-0.05, 0) is 30.0 Å². The van der Waals surface area contributed by atoms with Gasteiger partial charge in [-0.15, -0.1) is 22.7 Å². The Morgan fingerprint density at radius 3 is 3.10 bits per heavy atom. The van der Waals surface area contributed by atoms with Crippen molar-refractivity contribution in [1.82, 2.24) is 19.7 Å². The fourth-order valence-corrected chi connectivity index (χ4v) is 5.06. The Labute approximate surface area is 180 Å². The monoisotopic (exact) mass is 435 g/mol. The predicted molar refractivity (Wildman–Crippen MR) is 119 cm³/mol. The van der Waals surface area contributed by atoms with E-state index in [1.165, 1.54) is 0 Å². The van der Waals surface area contributed by atoms with E-state index in [4.69, 9.17) is 4.74 Å². The highest BCUT2D eigenvalue weighted by atomic mass is 32.1. The number of amides is 1. The molecule has 150 valence electrons. The topological polar surface area (TPSA) is 81.9 Å². The molecule has 0 saturated carbocycles. The molecule has 30 heavy (non-hydrogen) atoms. The summed E-state index contributed by atoms with van der Waals surface area (Å²) in [5, 5.41) is 11.2. The van der Waals surface area contributed by atoms with Gasteiger partial charge in [0.25, 0.3) is 5.91 Å². The fourth-order valence-electron chi connectivity index (χ4n) is 3.22. The van der Waals surface area contributed by atoms with Gasteiger partial charge in [-0.25, -0.2) is 4.98 Å². The van der Waals surface area contributed by atoms with E-state index in [0.717, 1.165) is 30.9 Å². The smallest absolute Gasteiger partial charge is 0.263 e. The number of rotatable bonds is 6. The number of pyridine rings is 1. The van der Waals surface area contributed by atoms with Gasteiger partial charge >= 0.3 is 0 Å². The molecule has 0 saturated heterocycles. The van der Waals surface area contributed by atoms with Crippen molar-refractivity contribution in [2.45, 2.75) is 13.5 Å². The van der Waals surface area contributed by atoms with Crippen LogP contribution in [0.2, 0.25) is 0 Å². The van der Waals surface area contributed by atoms with E-state index in [1.54, 1.807) is 45.8 Å². The van der Waals surface area contributed by atoms with Crippen LogP contribution in [0.25, 0.3) is 20.3 Å². The summed E-state index contributed by atoms with van der Waals surface area (Å²) in [5.41, 5.74) is 2.04. The van der Waals surface area contributed by atoms with Gasteiger partial charge in [-0.2, -0.15) is 5.10 Å². The maximum Gasteiger partial charge on any atom is 0.263 e. The van der Waals surface area contributed by atoms with Crippen molar-refractivity contribution < 1.29 is 9.53 Å². The average Bonchev–Trinajstić information content (AvgIpc) is 3.46. The van der Waals surface area contributed by atoms with Crippen molar-refractivity contribution in [2.24, 2.45) is 0 Å². The Morgan fingerprint density at radius 2 is 2.23 bits per heavy atom. The number of fused-ring (bicyclic) bond motifs is 3. The molecule has 0 radical (unpaired) electrons. The minimum atomic E-state index is -0.259. The number of nitrogens with zero attached hydrogens (tertiary/aromatic N) is 4. The van der Waals surface area contributed by atoms with E-state index in [9.17, 15) is 4.79 Å². The van der Waals surface area contributed by atoms with Crippen molar-refractivity contribution in [3.05, 3.63) is 64.9 Å². The third-order valence-electron chi connectivity index (χ3n) is 4.50. The molecule has 4 aromatic heterocycles. The number of anilines is 1. The van der Waals surface area contributed by atoms with Crippen LogP contribution in [0.5, 0.6) is 5.75 Å². The highest BCUT2D eigenvalue weighted by Crippen LogP contribution is 2.38. The van der Waals surface area contributed by atoms with Crippen LogP contribution in [0.3, 0.4) is 0 Å². The molecule has 0 atom stereocenters. The number of thiazole rings is 1. The molecule has 5 rings (SSSR count). The molecule has 7 nitrogen and oxygen atoms in total. The molecule has 0 aliphatic rings. The number of hydrogen-bond acceptors (Lipinski definition) is 7. The summed E-state index contributed by atoms with van der Waals surface area (Å²) in [6, 6.07) is 9.59. The van der Waals surface area contributed by atoms with Crippen LogP contribution in [-0.2, 0) is 11.3 Å². The zero-order valence-electron chi connectivity index (χ0n) is 16.0. The van der Waals surface area contributed by atoms with Crippen molar-refractivity contribution >= 4 is 54.7 Å². The van der Waals surface area contributed by atoms with Gasteiger partial charge < -0.3 is 10.1 Å². The lowest BCUT2D eigenvalue weighted by Gasteiger charge is -2.08. The maximum absolute atomic E-state index is 12.4. The first-order valence-corrected chi connectivity index (χ1v) is 11.0. The first-order chi connectivity index (χ1) is 14.7. The molecule has 0 fully saturated rings. The largest absolute Gasteiger partial charge is 0.483 e. The van der Waals surface area contributed by atoms with Crippen molar-refractivity contribution in [1.29, 1.82) is 0 Å². The zero-order valence-corrected chi connectivity index (χ0v) is 17.7. The molecule has 0 unspecified atom stereocenters. The molecule has 0 aliphatic carbocycles.